The molecule has 0 spiro atoms. The highest BCUT2D eigenvalue weighted by Crippen LogP contribution is 2.29. The van der Waals surface area contributed by atoms with Crippen molar-refractivity contribution in [3.05, 3.63) is 71.5 Å². The second kappa shape index (κ2) is 6.13. The van der Waals surface area contributed by atoms with Crippen LogP contribution in [0, 0.1) is 6.92 Å². The van der Waals surface area contributed by atoms with Crippen molar-refractivity contribution in [3.63, 3.8) is 0 Å². The third kappa shape index (κ3) is 2.81. The van der Waals surface area contributed by atoms with Gasteiger partial charge in [-0.2, -0.15) is 8.42 Å². The molecule has 1 aromatic heterocycles. The Hall–Kier alpha value is -3.33. The number of hydrogen-bond donors (Lipinski definition) is 0. The molecular weight excluding hydrogens is 368 g/mol. The highest BCUT2D eigenvalue weighted by molar-refractivity contribution is 7.89. The number of amides is 1. The summed E-state index contributed by atoms with van der Waals surface area (Å²) in [5, 5.41) is 7.53. The number of benzene rings is 2. The van der Waals surface area contributed by atoms with Gasteiger partial charge < -0.3 is 0 Å². The first-order chi connectivity index (χ1) is 12.9. The van der Waals surface area contributed by atoms with Gasteiger partial charge in [0.15, 0.2) is 0 Å². The normalized spacial score (nSPS) is 13.9. The summed E-state index contributed by atoms with van der Waals surface area (Å²) < 4.78 is 26.0. The van der Waals surface area contributed by atoms with Crippen LogP contribution in [0.15, 0.2) is 59.6 Å². The predicted molar refractivity (Wildman–Crippen MR) is 95.7 cm³/mol. The topological polar surface area (TPSA) is 102 Å². The van der Waals surface area contributed by atoms with Crippen molar-refractivity contribution in [1.82, 2.24) is 14.4 Å². The lowest BCUT2D eigenvalue weighted by Crippen LogP contribution is -2.29. The summed E-state index contributed by atoms with van der Waals surface area (Å²) >= 11 is 0. The largest absolute Gasteiger partial charge is 0.299 e. The van der Waals surface area contributed by atoms with Crippen LogP contribution < -0.4 is 4.90 Å². The molecular formula is C18H14N4O4S. The molecule has 0 atom stereocenters. The van der Waals surface area contributed by atoms with E-state index in [0.29, 0.717) is 11.3 Å². The summed E-state index contributed by atoms with van der Waals surface area (Å²) in [5.41, 5.74) is 1.98. The van der Waals surface area contributed by atoms with Gasteiger partial charge in [0, 0.05) is 0 Å². The second-order valence-electron chi connectivity index (χ2n) is 6.14. The maximum atomic E-state index is 12.6. The number of carbonyl (C=O) groups excluding carboxylic acids is 2. The average Bonchev–Trinajstić information content (AvgIpc) is 3.23. The van der Waals surface area contributed by atoms with E-state index in [2.05, 4.69) is 10.3 Å². The van der Waals surface area contributed by atoms with Gasteiger partial charge in [-0.1, -0.05) is 35.0 Å². The molecule has 2 aromatic carbocycles. The molecule has 1 amide bonds. The van der Waals surface area contributed by atoms with E-state index in [1.54, 1.807) is 36.4 Å². The van der Waals surface area contributed by atoms with Gasteiger partial charge >= 0.3 is 0 Å². The van der Waals surface area contributed by atoms with Crippen LogP contribution >= 0.6 is 0 Å². The van der Waals surface area contributed by atoms with Crippen LogP contribution in [-0.2, 0) is 21.4 Å². The maximum Gasteiger partial charge on any atom is 0.299 e. The number of anilines is 1. The summed E-state index contributed by atoms with van der Waals surface area (Å²) in [5.74, 6) is -1.27. The van der Waals surface area contributed by atoms with Gasteiger partial charge in [0.2, 0.25) is 0 Å². The molecule has 0 N–H and O–H groups in total. The first-order valence-corrected chi connectivity index (χ1v) is 9.50. The number of carbonyl (C=O) groups is 2. The highest BCUT2D eigenvalue weighted by Gasteiger charge is 2.36. The Bertz CT molecular complexity index is 1170. The van der Waals surface area contributed by atoms with E-state index in [1.807, 2.05) is 6.92 Å². The van der Waals surface area contributed by atoms with Crippen LogP contribution in [0.1, 0.15) is 21.6 Å². The lowest BCUT2D eigenvalue weighted by atomic mass is 10.1. The van der Waals surface area contributed by atoms with Crippen molar-refractivity contribution in [1.29, 1.82) is 0 Å². The van der Waals surface area contributed by atoms with Crippen LogP contribution in [0.2, 0.25) is 0 Å². The predicted octanol–water partition coefficient (Wildman–Crippen LogP) is 1.55. The number of hydrogen-bond acceptors (Lipinski definition) is 6. The molecule has 2 heterocycles. The number of aromatic nitrogens is 3. The van der Waals surface area contributed by atoms with Crippen LogP contribution in [0.25, 0.3) is 0 Å². The van der Waals surface area contributed by atoms with E-state index in [9.17, 15) is 18.0 Å². The Morgan fingerprint density at radius 1 is 1.00 bits per heavy atom. The van der Waals surface area contributed by atoms with E-state index in [-0.39, 0.29) is 17.1 Å². The van der Waals surface area contributed by atoms with Crippen LogP contribution in [0.5, 0.6) is 0 Å². The molecule has 1 aliphatic rings. The molecule has 9 heteroatoms. The Morgan fingerprint density at radius 3 is 2.44 bits per heavy atom. The van der Waals surface area contributed by atoms with Crippen LogP contribution in [0.4, 0.5) is 5.69 Å². The number of ketones is 1. The molecule has 0 saturated carbocycles. The fourth-order valence-electron chi connectivity index (χ4n) is 2.86. The van der Waals surface area contributed by atoms with Gasteiger partial charge in [0.05, 0.1) is 28.9 Å². The number of aryl methyl sites for hydroxylation is 1. The fourth-order valence-corrected chi connectivity index (χ4v) is 3.95. The van der Waals surface area contributed by atoms with Gasteiger partial charge in [0.1, 0.15) is 5.69 Å². The molecule has 0 aliphatic carbocycles. The second-order valence-corrected chi connectivity index (χ2v) is 7.93. The third-order valence-corrected chi connectivity index (χ3v) is 5.82. The summed E-state index contributed by atoms with van der Waals surface area (Å²) in [6, 6.07) is 13.0. The molecule has 8 nitrogen and oxygen atoms in total. The summed E-state index contributed by atoms with van der Waals surface area (Å²) in [6.45, 7) is 1.81. The molecule has 136 valence electrons. The standard InChI is InChI=1S/C18H14N4O4S/c1-12-6-8-14(9-7-12)27(25,26)22-11-13(19-20-22)10-21-16-5-3-2-4-15(16)17(23)18(21)24/h2-9,11H,10H2,1H3. The molecule has 0 fully saturated rings. The van der Waals surface area contributed by atoms with E-state index >= 15 is 0 Å². The number of nitrogens with zero attached hydrogens (tertiary/aromatic N) is 4. The zero-order chi connectivity index (χ0) is 19.2. The van der Waals surface area contributed by atoms with Crippen molar-refractivity contribution in [2.24, 2.45) is 0 Å². The van der Waals surface area contributed by atoms with Crippen molar-refractivity contribution < 1.29 is 18.0 Å². The zero-order valence-corrected chi connectivity index (χ0v) is 15.0. The summed E-state index contributed by atoms with van der Waals surface area (Å²) in [7, 11) is -3.88. The molecule has 0 radical (unpaired) electrons. The SMILES string of the molecule is Cc1ccc(S(=O)(=O)n2cc(CN3C(=O)C(=O)c4ccccc43)nn2)cc1. The quantitative estimate of drug-likeness (QED) is 0.635. The lowest BCUT2D eigenvalue weighted by molar-refractivity contribution is -0.114. The van der Waals surface area contributed by atoms with Gasteiger partial charge in [0.25, 0.3) is 21.7 Å². The molecule has 0 bridgehead atoms. The van der Waals surface area contributed by atoms with Gasteiger partial charge in [-0.05, 0) is 31.2 Å². The number of Topliss-reactive ketones (excluding diaryl/α,β-unsaturated/α-hetero) is 1. The minimum Gasteiger partial charge on any atom is -0.299 e. The summed E-state index contributed by atoms with van der Waals surface area (Å²) in [6.07, 6.45) is 1.24. The Kier molecular flexibility index (Phi) is 3.88. The molecule has 3 aromatic rings. The fraction of sp³-hybridized carbons (Fsp3) is 0.111. The van der Waals surface area contributed by atoms with Crippen molar-refractivity contribution in [3.8, 4) is 0 Å². The maximum absolute atomic E-state index is 12.6. The van der Waals surface area contributed by atoms with Crippen molar-refractivity contribution in [2.75, 3.05) is 4.90 Å². The van der Waals surface area contributed by atoms with Crippen molar-refractivity contribution in [2.45, 2.75) is 18.4 Å². The molecule has 27 heavy (non-hydrogen) atoms. The number of rotatable bonds is 4. The van der Waals surface area contributed by atoms with Gasteiger partial charge in [-0.3, -0.25) is 14.5 Å². The highest BCUT2D eigenvalue weighted by atomic mass is 32.2. The average molecular weight is 382 g/mol. The van der Waals surface area contributed by atoms with Crippen LogP contribution in [-0.4, -0.2) is 34.5 Å². The van der Waals surface area contributed by atoms with Gasteiger partial charge in [-0.15, -0.1) is 9.19 Å². The number of fused-ring (bicyclic) bond motifs is 1. The third-order valence-electron chi connectivity index (χ3n) is 4.28. The minimum atomic E-state index is -3.88. The molecule has 4 rings (SSSR count). The molecule has 0 saturated heterocycles. The van der Waals surface area contributed by atoms with Gasteiger partial charge in [-0.25, -0.2) is 0 Å². The number of para-hydroxylation sites is 1. The van der Waals surface area contributed by atoms with Crippen molar-refractivity contribution >= 4 is 27.4 Å². The Labute approximate surface area is 155 Å². The smallest absolute Gasteiger partial charge is 0.299 e. The Morgan fingerprint density at radius 2 is 1.70 bits per heavy atom. The van der Waals surface area contributed by atoms with Crippen LogP contribution in [0.3, 0.4) is 0 Å². The van der Waals surface area contributed by atoms with E-state index in [4.69, 9.17) is 0 Å². The summed E-state index contributed by atoms with van der Waals surface area (Å²) in [4.78, 5) is 25.6. The monoisotopic (exact) mass is 382 g/mol. The Balaban J connectivity index is 1.63. The first-order valence-electron chi connectivity index (χ1n) is 8.06. The van der Waals surface area contributed by atoms with E-state index in [1.165, 1.54) is 23.2 Å². The zero-order valence-electron chi connectivity index (χ0n) is 14.2. The van der Waals surface area contributed by atoms with E-state index in [0.717, 1.165) is 9.65 Å². The van der Waals surface area contributed by atoms with E-state index < -0.39 is 21.7 Å². The first kappa shape index (κ1) is 17.1. The molecule has 1 aliphatic heterocycles. The minimum absolute atomic E-state index is 0.0506. The lowest BCUT2D eigenvalue weighted by Gasteiger charge is -2.14. The molecule has 0 unspecified atom stereocenters.